The third-order valence-electron chi connectivity index (χ3n) is 4.59. The minimum atomic E-state index is -3.66. The Kier molecular flexibility index (Phi) is 5.24. The van der Waals surface area contributed by atoms with Crippen molar-refractivity contribution in [3.05, 3.63) is 52.2 Å². The van der Waals surface area contributed by atoms with Crippen molar-refractivity contribution >= 4 is 27.3 Å². The summed E-state index contributed by atoms with van der Waals surface area (Å²) in [7, 11) is -2.14. The molecule has 134 valence electrons. The van der Waals surface area contributed by atoms with Crippen molar-refractivity contribution in [1.29, 1.82) is 0 Å². The number of hydrogen-bond acceptors (Lipinski definition) is 5. The molecule has 6 nitrogen and oxygen atoms in total. The topological polar surface area (TPSA) is 86.7 Å². The molecular weight excluding hydrogens is 360 g/mol. The summed E-state index contributed by atoms with van der Waals surface area (Å²) in [6, 6.07) is 7.88. The predicted molar refractivity (Wildman–Crippen MR) is 96.2 cm³/mol. The zero-order valence-corrected chi connectivity index (χ0v) is 15.4. The fourth-order valence-corrected chi connectivity index (χ4v) is 5.40. The van der Waals surface area contributed by atoms with Gasteiger partial charge >= 0.3 is 0 Å². The first-order valence-electron chi connectivity index (χ1n) is 7.92. The third-order valence-corrected chi connectivity index (χ3v) is 7.14. The first-order chi connectivity index (χ1) is 12.0. The van der Waals surface area contributed by atoms with Gasteiger partial charge in [-0.05, 0) is 46.7 Å². The summed E-state index contributed by atoms with van der Waals surface area (Å²) in [5, 5.41) is 16.1. The average Bonchev–Trinajstić information content (AvgIpc) is 3.30. The fourth-order valence-electron chi connectivity index (χ4n) is 3.15. The van der Waals surface area contributed by atoms with Crippen molar-refractivity contribution in [2.24, 2.45) is 5.92 Å². The summed E-state index contributed by atoms with van der Waals surface area (Å²) in [4.78, 5) is 11.7. The van der Waals surface area contributed by atoms with E-state index < -0.39 is 10.0 Å². The van der Waals surface area contributed by atoms with Crippen LogP contribution < -0.4 is 5.32 Å². The van der Waals surface area contributed by atoms with Crippen LogP contribution in [0.25, 0.3) is 0 Å². The quantitative estimate of drug-likeness (QED) is 0.823. The Balaban J connectivity index is 1.84. The molecule has 0 bridgehead atoms. The molecule has 2 atom stereocenters. The van der Waals surface area contributed by atoms with Gasteiger partial charge in [0.2, 0.25) is 10.0 Å². The maximum Gasteiger partial charge on any atom is 0.251 e. The van der Waals surface area contributed by atoms with Gasteiger partial charge in [0, 0.05) is 44.1 Å². The Morgan fingerprint density at radius 2 is 2.00 bits per heavy atom. The molecule has 25 heavy (non-hydrogen) atoms. The van der Waals surface area contributed by atoms with E-state index in [0.717, 1.165) is 5.56 Å². The molecule has 2 N–H and O–H groups in total. The van der Waals surface area contributed by atoms with Crippen LogP contribution >= 0.6 is 11.3 Å². The molecule has 1 amide bonds. The molecule has 1 aromatic carbocycles. The van der Waals surface area contributed by atoms with E-state index in [9.17, 15) is 18.3 Å². The highest BCUT2D eigenvalue weighted by Gasteiger charge is 2.39. The molecule has 1 aromatic heterocycles. The number of carbonyl (C=O) groups is 1. The van der Waals surface area contributed by atoms with Crippen molar-refractivity contribution in [2.75, 3.05) is 26.7 Å². The molecule has 0 saturated carbocycles. The zero-order chi connectivity index (χ0) is 18.0. The highest BCUT2D eigenvalue weighted by atomic mass is 32.2. The molecule has 0 radical (unpaired) electrons. The van der Waals surface area contributed by atoms with Crippen LogP contribution in [-0.2, 0) is 10.0 Å². The normalized spacial score (nSPS) is 21.4. The Bertz CT molecular complexity index is 832. The third kappa shape index (κ3) is 3.48. The van der Waals surface area contributed by atoms with E-state index in [1.54, 1.807) is 11.3 Å². The standard InChI is InChI=1S/C17H20N2O4S2/c1-18-17(21)12-2-4-15(5-3-12)25(22,23)19-8-14(10-20)16(9-19)13-6-7-24-11-13/h2-7,11,14,16,20H,8-10H2,1H3,(H,18,21)/t14-,16-/m1/s1. The second kappa shape index (κ2) is 7.25. The van der Waals surface area contributed by atoms with Crippen LogP contribution in [0.3, 0.4) is 0 Å². The highest BCUT2D eigenvalue weighted by molar-refractivity contribution is 7.89. The van der Waals surface area contributed by atoms with Gasteiger partial charge in [-0.15, -0.1) is 0 Å². The van der Waals surface area contributed by atoms with E-state index in [-0.39, 0.29) is 35.8 Å². The minimum Gasteiger partial charge on any atom is -0.396 e. The Morgan fingerprint density at radius 3 is 2.56 bits per heavy atom. The minimum absolute atomic E-state index is 0.00355. The fraction of sp³-hybridized carbons (Fsp3) is 0.353. The van der Waals surface area contributed by atoms with E-state index in [0.29, 0.717) is 12.1 Å². The molecular formula is C17H20N2O4S2. The van der Waals surface area contributed by atoms with Gasteiger partial charge in [-0.3, -0.25) is 4.79 Å². The number of aliphatic hydroxyl groups excluding tert-OH is 1. The van der Waals surface area contributed by atoms with Crippen molar-refractivity contribution < 1.29 is 18.3 Å². The van der Waals surface area contributed by atoms with Crippen LogP contribution in [0.4, 0.5) is 0 Å². The van der Waals surface area contributed by atoms with Crippen LogP contribution in [0.5, 0.6) is 0 Å². The molecule has 2 heterocycles. The first-order valence-corrected chi connectivity index (χ1v) is 10.3. The number of rotatable bonds is 5. The summed E-state index contributed by atoms with van der Waals surface area (Å²) < 4.78 is 27.2. The van der Waals surface area contributed by atoms with Crippen LogP contribution in [0.2, 0.25) is 0 Å². The largest absolute Gasteiger partial charge is 0.396 e. The number of aliphatic hydroxyl groups is 1. The lowest BCUT2D eigenvalue weighted by Crippen LogP contribution is -2.29. The number of amides is 1. The molecule has 1 fully saturated rings. The molecule has 3 rings (SSSR count). The number of benzene rings is 1. The number of hydrogen-bond donors (Lipinski definition) is 2. The molecule has 8 heteroatoms. The average molecular weight is 380 g/mol. The van der Waals surface area contributed by atoms with Gasteiger partial charge < -0.3 is 10.4 Å². The molecule has 0 aliphatic carbocycles. The predicted octanol–water partition coefficient (Wildman–Crippen LogP) is 1.50. The number of nitrogens with one attached hydrogen (secondary N) is 1. The smallest absolute Gasteiger partial charge is 0.251 e. The van der Waals surface area contributed by atoms with Gasteiger partial charge in [0.1, 0.15) is 0 Å². The van der Waals surface area contributed by atoms with Gasteiger partial charge in [-0.25, -0.2) is 8.42 Å². The van der Waals surface area contributed by atoms with Crippen molar-refractivity contribution in [2.45, 2.75) is 10.8 Å². The lowest BCUT2D eigenvalue weighted by molar-refractivity contribution is 0.0963. The summed E-state index contributed by atoms with van der Waals surface area (Å²) in [5.74, 6) is -0.381. The Hall–Kier alpha value is -1.74. The molecule has 0 spiro atoms. The Morgan fingerprint density at radius 1 is 1.28 bits per heavy atom. The SMILES string of the molecule is CNC(=O)c1ccc(S(=O)(=O)N2C[C@H](CO)[C@@H](c3ccsc3)C2)cc1. The van der Waals surface area contributed by atoms with Crippen LogP contribution in [-0.4, -0.2) is 50.5 Å². The lowest BCUT2D eigenvalue weighted by Gasteiger charge is -2.16. The maximum atomic E-state index is 12.9. The summed E-state index contributed by atoms with van der Waals surface area (Å²) >= 11 is 1.56. The molecule has 1 aliphatic rings. The zero-order valence-electron chi connectivity index (χ0n) is 13.8. The van der Waals surface area contributed by atoms with Crippen LogP contribution in [0, 0.1) is 5.92 Å². The second-order valence-corrected chi connectivity index (χ2v) is 8.75. The molecule has 1 saturated heterocycles. The van der Waals surface area contributed by atoms with Crippen molar-refractivity contribution in [3.63, 3.8) is 0 Å². The molecule has 0 unspecified atom stereocenters. The molecule has 2 aromatic rings. The summed E-state index contributed by atoms with van der Waals surface area (Å²) in [6.07, 6.45) is 0. The van der Waals surface area contributed by atoms with Gasteiger partial charge in [0.15, 0.2) is 0 Å². The number of carbonyl (C=O) groups excluding carboxylic acids is 1. The molecule has 1 aliphatic heterocycles. The van der Waals surface area contributed by atoms with Crippen LogP contribution in [0.15, 0.2) is 46.0 Å². The van der Waals surface area contributed by atoms with Crippen LogP contribution in [0.1, 0.15) is 21.8 Å². The van der Waals surface area contributed by atoms with E-state index in [1.807, 2.05) is 16.8 Å². The van der Waals surface area contributed by atoms with Gasteiger partial charge in [-0.2, -0.15) is 15.6 Å². The van der Waals surface area contributed by atoms with E-state index in [2.05, 4.69) is 5.32 Å². The maximum absolute atomic E-state index is 12.9. The number of sulfonamides is 1. The summed E-state index contributed by atoms with van der Waals surface area (Å²) in [5.41, 5.74) is 1.48. The lowest BCUT2D eigenvalue weighted by atomic mass is 9.92. The van der Waals surface area contributed by atoms with E-state index >= 15 is 0 Å². The number of thiophene rings is 1. The first kappa shape index (κ1) is 18.1. The van der Waals surface area contributed by atoms with Gasteiger partial charge in [0.25, 0.3) is 5.91 Å². The summed E-state index contributed by atoms with van der Waals surface area (Å²) in [6.45, 7) is 0.584. The second-order valence-electron chi connectivity index (χ2n) is 6.03. The number of nitrogens with zero attached hydrogens (tertiary/aromatic N) is 1. The monoisotopic (exact) mass is 380 g/mol. The van der Waals surface area contributed by atoms with Crippen molar-refractivity contribution in [1.82, 2.24) is 9.62 Å². The van der Waals surface area contributed by atoms with E-state index in [1.165, 1.54) is 35.6 Å². The van der Waals surface area contributed by atoms with E-state index in [4.69, 9.17) is 0 Å². The highest BCUT2D eigenvalue weighted by Crippen LogP contribution is 2.36. The Labute approximate surface area is 151 Å². The van der Waals surface area contributed by atoms with Gasteiger partial charge in [-0.1, -0.05) is 0 Å². The van der Waals surface area contributed by atoms with Crippen molar-refractivity contribution in [3.8, 4) is 0 Å². The van der Waals surface area contributed by atoms with Gasteiger partial charge in [0.05, 0.1) is 4.90 Å².